The number of rotatable bonds is 5. The number of hydrogen-bond acceptors (Lipinski definition) is 6. The lowest BCUT2D eigenvalue weighted by molar-refractivity contribution is -0.137. The number of benzene rings is 2. The van der Waals surface area contributed by atoms with Crippen molar-refractivity contribution in [1.29, 1.82) is 0 Å². The predicted octanol–water partition coefficient (Wildman–Crippen LogP) is 4.08. The zero-order valence-corrected chi connectivity index (χ0v) is 20.1. The third-order valence-corrected chi connectivity index (χ3v) is 6.32. The van der Waals surface area contributed by atoms with Crippen LogP contribution in [0.25, 0.3) is 16.6 Å². The first-order valence-electron chi connectivity index (χ1n) is 11.7. The summed E-state index contributed by atoms with van der Waals surface area (Å²) in [6, 6.07) is 8.26. The molecule has 0 saturated carbocycles. The van der Waals surface area contributed by atoms with Crippen molar-refractivity contribution < 1.29 is 26.7 Å². The average molecular weight is 531 g/mol. The number of halogens is 5. The molecule has 198 valence electrons. The molecule has 3 heterocycles. The van der Waals surface area contributed by atoms with Crippen LogP contribution in [0, 0.1) is 18.6 Å². The maximum absolute atomic E-state index is 15.0. The highest BCUT2D eigenvalue weighted by molar-refractivity contribution is 6.03. The maximum atomic E-state index is 15.0. The number of amides is 1. The second-order valence-corrected chi connectivity index (χ2v) is 8.88. The highest BCUT2D eigenvalue weighted by Crippen LogP contribution is 2.34. The highest BCUT2D eigenvalue weighted by Gasteiger charge is 2.34. The summed E-state index contributed by atoms with van der Waals surface area (Å²) in [5.74, 6) is -2.33. The molecular weight excluding hydrogens is 509 g/mol. The Labute approximate surface area is 213 Å². The average Bonchev–Trinajstić information content (AvgIpc) is 3.26. The molecule has 0 aliphatic carbocycles. The molecule has 1 aliphatic rings. The quantitative estimate of drug-likeness (QED) is 0.378. The van der Waals surface area contributed by atoms with Gasteiger partial charge in [0.1, 0.15) is 17.5 Å². The lowest BCUT2D eigenvalue weighted by atomic mass is 10.1. The zero-order valence-electron chi connectivity index (χ0n) is 20.1. The Morgan fingerprint density at radius 2 is 1.82 bits per heavy atom. The first kappa shape index (κ1) is 25.7. The van der Waals surface area contributed by atoms with E-state index in [0.717, 1.165) is 49.1 Å². The number of fused-ring (bicyclic) bond motifs is 1. The third-order valence-electron chi connectivity index (χ3n) is 6.32. The Morgan fingerprint density at radius 1 is 1.08 bits per heavy atom. The van der Waals surface area contributed by atoms with E-state index in [1.807, 2.05) is 0 Å². The molecule has 38 heavy (non-hydrogen) atoms. The molecule has 2 aromatic heterocycles. The van der Waals surface area contributed by atoms with Crippen LogP contribution in [0.3, 0.4) is 0 Å². The van der Waals surface area contributed by atoms with Gasteiger partial charge in [-0.25, -0.2) is 18.4 Å². The molecule has 0 atom stereocenters. The van der Waals surface area contributed by atoms with E-state index >= 15 is 0 Å². The van der Waals surface area contributed by atoms with E-state index in [1.165, 1.54) is 31.2 Å². The first-order valence-corrected chi connectivity index (χ1v) is 11.7. The van der Waals surface area contributed by atoms with Crippen molar-refractivity contribution in [3.63, 3.8) is 0 Å². The van der Waals surface area contributed by atoms with Gasteiger partial charge in [-0.05, 0) is 25.1 Å². The van der Waals surface area contributed by atoms with Crippen molar-refractivity contribution in [2.45, 2.75) is 19.6 Å². The number of hydrogen-bond donors (Lipinski definition) is 2. The largest absolute Gasteiger partial charge is 0.418 e. The number of alkyl halides is 3. The highest BCUT2D eigenvalue weighted by atomic mass is 19.4. The number of nitrogens with zero attached hydrogens (tertiary/aromatic N) is 5. The van der Waals surface area contributed by atoms with E-state index in [2.05, 4.69) is 30.8 Å². The fourth-order valence-corrected chi connectivity index (χ4v) is 4.39. The van der Waals surface area contributed by atoms with Gasteiger partial charge in [-0.1, -0.05) is 17.3 Å². The molecule has 0 spiro atoms. The van der Waals surface area contributed by atoms with Gasteiger partial charge in [0, 0.05) is 55.8 Å². The summed E-state index contributed by atoms with van der Waals surface area (Å²) < 4.78 is 71.0. The van der Waals surface area contributed by atoms with Crippen LogP contribution in [0.2, 0.25) is 0 Å². The molecular formula is C25H22F5N7O. The van der Waals surface area contributed by atoms with E-state index in [-0.39, 0.29) is 33.8 Å². The second kappa shape index (κ2) is 10.1. The van der Waals surface area contributed by atoms with Gasteiger partial charge < -0.3 is 10.6 Å². The van der Waals surface area contributed by atoms with Crippen LogP contribution in [0.5, 0.6) is 0 Å². The van der Waals surface area contributed by atoms with E-state index in [0.29, 0.717) is 12.1 Å². The molecule has 0 bridgehead atoms. The van der Waals surface area contributed by atoms with Crippen molar-refractivity contribution in [2.75, 3.05) is 31.5 Å². The topological polar surface area (TPSA) is 88.0 Å². The normalized spacial score (nSPS) is 14.7. The molecule has 4 aromatic rings. The van der Waals surface area contributed by atoms with E-state index in [4.69, 9.17) is 0 Å². The molecule has 8 nitrogen and oxygen atoms in total. The van der Waals surface area contributed by atoms with E-state index in [9.17, 15) is 26.7 Å². The number of anilines is 1. The van der Waals surface area contributed by atoms with Gasteiger partial charge in [0.25, 0.3) is 5.91 Å². The maximum Gasteiger partial charge on any atom is 0.418 e. The summed E-state index contributed by atoms with van der Waals surface area (Å²) in [4.78, 5) is 19.1. The third kappa shape index (κ3) is 5.07. The molecule has 13 heteroatoms. The minimum atomic E-state index is -4.65. The van der Waals surface area contributed by atoms with Crippen molar-refractivity contribution >= 4 is 22.6 Å². The van der Waals surface area contributed by atoms with Crippen molar-refractivity contribution in [2.24, 2.45) is 0 Å². The molecule has 2 N–H and O–H groups in total. The number of carbonyl (C=O) groups excluding carboxylic acids is 1. The monoisotopic (exact) mass is 531 g/mol. The van der Waals surface area contributed by atoms with Crippen molar-refractivity contribution in [3.05, 3.63) is 76.6 Å². The van der Waals surface area contributed by atoms with Gasteiger partial charge >= 0.3 is 6.18 Å². The predicted molar refractivity (Wildman–Crippen MR) is 129 cm³/mol. The van der Waals surface area contributed by atoms with Gasteiger partial charge in [0.05, 0.1) is 22.5 Å². The van der Waals surface area contributed by atoms with Gasteiger partial charge in [-0.15, -0.1) is 5.10 Å². The van der Waals surface area contributed by atoms with Crippen LogP contribution in [0.15, 0.2) is 42.5 Å². The molecule has 0 unspecified atom stereocenters. The Bertz CT molecular complexity index is 1510. The number of carbonyl (C=O) groups is 1. The van der Waals surface area contributed by atoms with Crippen LogP contribution >= 0.6 is 0 Å². The summed E-state index contributed by atoms with van der Waals surface area (Å²) in [7, 11) is 0. The lowest BCUT2D eigenvalue weighted by Crippen LogP contribution is -2.43. The van der Waals surface area contributed by atoms with Crippen molar-refractivity contribution in [3.8, 4) is 5.69 Å². The number of nitrogens with one attached hydrogen (secondary N) is 2. The van der Waals surface area contributed by atoms with E-state index in [1.54, 1.807) is 0 Å². The minimum absolute atomic E-state index is 0.00124. The number of pyridine rings is 1. The van der Waals surface area contributed by atoms with Gasteiger partial charge in [-0.2, -0.15) is 13.2 Å². The van der Waals surface area contributed by atoms with Gasteiger partial charge in [0.2, 0.25) is 0 Å². The number of piperazine rings is 1. The standard InChI is InChI=1S/C25H22F5N7O/c1-14-23(34-35-37(14)21-5-3-2-4-17(21)25(28,29)30)24(38)33-22-12-19(27)16-10-15(18(26)11-20(16)32-22)13-36-8-6-31-7-9-36/h2-5,10-12,31H,6-9,13H2,1H3,(H,32,33,38). The SMILES string of the molecule is Cc1c(C(=O)Nc2cc(F)c3cc(CN4CCNCC4)c(F)cc3n2)nnn1-c1ccccc1C(F)(F)F. The molecule has 1 fully saturated rings. The minimum Gasteiger partial charge on any atom is -0.314 e. The zero-order chi connectivity index (χ0) is 27.0. The summed E-state index contributed by atoms with van der Waals surface area (Å²) in [5, 5.41) is 13.1. The first-order chi connectivity index (χ1) is 18.1. The molecule has 2 aromatic carbocycles. The van der Waals surface area contributed by atoms with Crippen LogP contribution in [0.1, 0.15) is 27.3 Å². The Balaban J connectivity index is 1.40. The molecule has 1 aliphatic heterocycles. The van der Waals surface area contributed by atoms with Crippen LogP contribution in [-0.2, 0) is 12.7 Å². The summed E-state index contributed by atoms with van der Waals surface area (Å²) in [6.07, 6.45) is -4.65. The second-order valence-electron chi connectivity index (χ2n) is 8.88. The summed E-state index contributed by atoms with van der Waals surface area (Å²) >= 11 is 0. The van der Waals surface area contributed by atoms with Crippen LogP contribution in [0.4, 0.5) is 27.8 Å². The van der Waals surface area contributed by atoms with Crippen molar-refractivity contribution in [1.82, 2.24) is 30.2 Å². The van der Waals surface area contributed by atoms with Gasteiger partial charge in [-0.3, -0.25) is 9.69 Å². The number of para-hydroxylation sites is 1. The fourth-order valence-electron chi connectivity index (χ4n) is 4.39. The number of aromatic nitrogens is 4. The summed E-state index contributed by atoms with van der Waals surface area (Å²) in [6.45, 7) is 4.77. The Kier molecular flexibility index (Phi) is 6.80. The van der Waals surface area contributed by atoms with Crippen LogP contribution in [-0.4, -0.2) is 57.0 Å². The lowest BCUT2D eigenvalue weighted by Gasteiger charge is -2.27. The van der Waals surface area contributed by atoms with E-state index < -0.39 is 29.3 Å². The Morgan fingerprint density at radius 3 is 2.55 bits per heavy atom. The fraction of sp³-hybridized carbons (Fsp3) is 0.280. The molecule has 1 saturated heterocycles. The smallest absolute Gasteiger partial charge is 0.314 e. The molecule has 5 rings (SSSR count). The summed E-state index contributed by atoms with van der Waals surface area (Å²) in [5.41, 5.74) is -1.15. The Hall–Kier alpha value is -3.97. The molecule has 0 radical (unpaired) electrons. The molecule has 1 amide bonds. The van der Waals surface area contributed by atoms with Crippen LogP contribution < -0.4 is 10.6 Å². The van der Waals surface area contributed by atoms with Gasteiger partial charge in [0.15, 0.2) is 5.69 Å².